The van der Waals surface area contributed by atoms with E-state index >= 15 is 0 Å². The molecule has 0 aromatic heterocycles. The number of hydrogen-bond donors (Lipinski definition) is 1. The second-order valence-corrected chi connectivity index (χ2v) is 13.7. The highest BCUT2D eigenvalue weighted by atomic mass is 35.5. The molecule has 2 aliphatic rings. The van der Waals surface area contributed by atoms with Crippen LogP contribution in [0.5, 0.6) is 0 Å². The summed E-state index contributed by atoms with van der Waals surface area (Å²) < 4.78 is 50.7. The van der Waals surface area contributed by atoms with E-state index in [1.165, 1.54) is 15.3 Å². The summed E-state index contributed by atoms with van der Waals surface area (Å²) in [5, 5.41) is 12.9. The Morgan fingerprint density at radius 2 is 1.80 bits per heavy atom. The molecule has 35 heavy (non-hydrogen) atoms. The molecule has 1 unspecified atom stereocenters. The van der Waals surface area contributed by atoms with Gasteiger partial charge in [-0.2, -0.15) is 4.31 Å². The van der Waals surface area contributed by atoms with Crippen molar-refractivity contribution < 1.29 is 26.7 Å². The molecular formula is C24H29ClN2O6S2. The van der Waals surface area contributed by atoms with Gasteiger partial charge in [-0.25, -0.2) is 16.8 Å². The number of halogens is 1. The standard InChI is InChI=1S/C24H29ClN2O6S2/c25-21-7-6-19-15-18(4-5-20(19)16-21)3-1-13-34(30,31)17-23(28)24(29)26-11-8-22(9-12-26)27-10-2-14-35(27,32)33/h1,3-7,15-16,22-23,28H,2,8-14,17H2. The highest BCUT2D eigenvalue weighted by Crippen LogP contribution is 2.25. The van der Waals surface area contributed by atoms with Crippen molar-refractivity contribution in [3.05, 3.63) is 53.1 Å². The fraction of sp³-hybridized carbons (Fsp3) is 0.458. The van der Waals surface area contributed by atoms with E-state index in [0.29, 0.717) is 43.9 Å². The third-order valence-corrected chi connectivity index (χ3v) is 10.3. The van der Waals surface area contributed by atoms with Crippen molar-refractivity contribution in [3.63, 3.8) is 0 Å². The Morgan fingerprint density at radius 3 is 2.49 bits per heavy atom. The van der Waals surface area contributed by atoms with E-state index in [4.69, 9.17) is 11.6 Å². The van der Waals surface area contributed by atoms with Crippen molar-refractivity contribution in [1.82, 2.24) is 9.21 Å². The number of aliphatic hydroxyl groups excluding tert-OH is 1. The van der Waals surface area contributed by atoms with Crippen LogP contribution >= 0.6 is 11.6 Å². The molecule has 0 aliphatic carbocycles. The molecule has 0 spiro atoms. The zero-order valence-corrected chi connectivity index (χ0v) is 21.6. The van der Waals surface area contributed by atoms with Crippen molar-refractivity contribution in [2.45, 2.75) is 31.4 Å². The summed E-state index contributed by atoms with van der Waals surface area (Å²) in [5.41, 5.74) is 0.828. The molecule has 2 fully saturated rings. The number of sulfone groups is 1. The number of carbonyl (C=O) groups excluding carboxylic acids is 1. The lowest BCUT2D eigenvalue weighted by Gasteiger charge is -2.36. The number of nitrogens with zero attached hydrogens (tertiary/aromatic N) is 2. The fourth-order valence-electron chi connectivity index (χ4n) is 4.70. The maximum absolute atomic E-state index is 12.6. The molecule has 1 atom stereocenters. The van der Waals surface area contributed by atoms with Crippen LogP contribution in [0.1, 0.15) is 24.8 Å². The van der Waals surface area contributed by atoms with Crippen LogP contribution in [0.3, 0.4) is 0 Å². The topological polar surface area (TPSA) is 112 Å². The van der Waals surface area contributed by atoms with Gasteiger partial charge < -0.3 is 10.0 Å². The van der Waals surface area contributed by atoms with Gasteiger partial charge in [0.1, 0.15) is 6.10 Å². The predicted octanol–water partition coefficient (Wildman–Crippen LogP) is 2.31. The molecule has 2 aromatic carbocycles. The molecule has 190 valence electrons. The molecule has 2 heterocycles. The predicted molar refractivity (Wildman–Crippen MR) is 137 cm³/mol. The zero-order chi connectivity index (χ0) is 25.2. The molecule has 4 rings (SSSR count). The number of fused-ring (bicyclic) bond motifs is 1. The van der Waals surface area contributed by atoms with Gasteiger partial charge in [0.2, 0.25) is 10.0 Å². The summed E-state index contributed by atoms with van der Waals surface area (Å²) in [6.45, 7) is 1.09. The Hall–Kier alpha value is -1.98. The van der Waals surface area contributed by atoms with E-state index < -0.39 is 37.6 Å². The zero-order valence-electron chi connectivity index (χ0n) is 19.2. The molecule has 0 radical (unpaired) electrons. The van der Waals surface area contributed by atoms with Crippen LogP contribution in [-0.4, -0.2) is 86.1 Å². The van der Waals surface area contributed by atoms with Gasteiger partial charge in [-0.05, 0) is 53.8 Å². The summed E-state index contributed by atoms with van der Waals surface area (Å²) in [6, 6.07) is 11.1. The lowest BCUT2D eigenvalue weighted by atomic mass is 10.0. The number of piperidine rings is 1. The Labute approximate surface area is 211 Å². The number of hydrogen-bond acceptors (Lipinski definition) is 6. The van der Waals surface area contributed by atoms with Crippen molar-refractivity contribution in [3.8, 4) is 0 Å². The van der Waals surface area contributed by atoms with Crippen LogP contribution in [0, 0.1) is 0 Å². The summed E-state index contributed by atoms with van der Waals surface area (Å²) in [4.78, 5) is 14.1. The second-order valence-electron chi connectivity index (χ2n) is 9.08. The first kappa shape index (κ1) is 26.1. The van der Waals surface area contributed by atoms with Crippen molar-refractivity contribution in [1.29, 1.82) is 0 Å². The Balaban J connectivity index is 1.29. The number of likely N-dealkylation sites (tertiary alicyclic amines) is 1. The van der Waals surface area contributed by atoms with E-state index in [9.17, 15) is 26.7 Å². The average Bonchev–Trinajstić information content (AvgIpc) is 3.17. The lowest BCUT2D eigenvalue weighted by Crippen LogP contribution is -2.50. The van der Waals surface area contributed by atoms with E-state index in [-0.39, 0.29) is 17.5 Å². The van der Waals surface area contributed by atoms with Crippen LogP contribution in [0.2, 0.25) is 5.02 Å². The number of amides is 1. The third kappa shape index (κ3) is 6.42. The lowest BCUT2D eigenvalue weighted by molar-refractivity contribution is -0.140. The maximum Gasteiger partial charge on any atom is 0.252 e. The van der Waals surface area contributed by atoms with E-state index in [0.717, 1.165) is 16.3 Å². The molecule has 8 nitrogen and oxygen atoms in total. The molecule has 0 bridgehead atoms. The molecule has 2 aromatic rings. The van der Waals surface area contributed by atoms with Gasteiger partial charge in [0.15, 0.2) is 9.84 Å². The maximum atomic E-state index is 12.6. The Bertz CT molecular complexity index is 1340. The molecule has 1 amide bonds. The molecular weight excluding hydrogens is 512 g/mol. The number of aliphatic hydroxyl groups is 1. The quantitative estimate of drug-likeness (QED) is 0.577. The number of carbonyl (C=O) groups is 1. The highest BCUT2D eigenvalue weighted by Gasteiger charge is 2.37. The minimum absolute atomic E-state index is 0.148. The summed E-state index contributed by atoms with van der Waals surface area (Å²) >= 11 is 6.00. The summed E-state index contributed by atoms with van der Waals surface area (Å²) in [6.07, 6.45) is 3.12. The normalized spacial score (nSPS) is 20.6. The minimum Gasteiger partial charge on any atom is -0.382 e. The fourth-order valence-corrected chi connectivity index (χ4v) is 7.83. The molecule has 11 heteroatoms. The smallest absolute Gasteiger partial charge is 0.252 e. The monoisotopic (exact) mass is 540 g/mol. The Morgan fingerprint density at radius 1 is 1.11 bits per heavy atom. The van der Waals surface area contributed by atoms with Gasteiger partial charge in [0.05, 0.1) is 17.3 Å². The SMILES string of the molecule is O=C(C(O)CS(=O)(=O)CC=Cc1ccc2cc(Cl)ccc2c1)N1CCC(N2CCCS2(=O)=O)CC1. The number of rotatable bonds is 7. The van der Waals surface area contributed by atoms with Gasteiger partial charge in [0, 0.05) is 30.7 Å². The summed E-state index contributed by atoms with van der Waals surface area (Å²) in [7, 11) is -6.93. The van der Waals surface area contributed by atoms with E-state index in [1.807, 2.05) is 30.3 Å². The van der Waals surface area contributed by atoms with Gasteiger partial charge in [-0.15, -0.1) is 0 Å². The number of benzene rings is 2. The minimum atomic E-state index is -3.71. The Kier molecular flexibility index (Phi) is 7.87. The molecule has 1 N–H and O–H groups in total. The van der Waals surface area contributed by atoms with Gasteiger partial charge in [-0.1, -0.05) is 42.0 Å². The van der Waals surface area contributed by atoms with Crippen LogP contribution in [0.4, 0.5) is 0 Å². The van der Waals surface area contributed by atoms with E-state index in [1.54, 1.807) is 12.1 Å². The van der Waals surface area contributed by atoms with Gasteiger partial charge in [0.25, 0.3) is 5.91 Å². The van der Waals surface area contributed by atoms with Crippen LogP contribution in [0.15, 0.2) is 42.5 Å². The van der Waals surface area contributed by atoms with Gasteiger partial charge >= 0.3 is 0 Å². The van der Waals surface area contributed by atoms with Crippen molar-refractivity contribution in [2.24, 2.45) is 0 Å². The van der Waals surface area contributed by atoms with Gasteiger partial charge in [-0.3, -0.25) is 4.79 Å². The molecule has 2 saturated heterocycles. The first-order chi connectivity index (χ1) is 16.5. The number of sulfonamides is 1. The van der Waals surface area contributed by atoms with Crippen LogP contribution in [-0.2, 0) is 24.7 Å². The third-order valence-electron chi connectivity index (χ3n) is 6.51. The average molecular weight is 541 g/mol. The van der Waals surface area contributed by atoms with Crippen molar-refractivity contribution >= 4 is 54.2 Å². The summed E-state index contributed by atoms with van der Waals surface area (Å²) in [5.74, 6) is -1.43. The van der Waals surface area contributed by atoms with E-state index in [2.05, 4.69) is 0 Å². The molecule has 2 aliphatic heterocycles. The van der Waals surface area contributed by atoms with Crippen LogP contribution in [0.25, 0.3) is 16.8 Å². The van der Waals surface area contributed by atoms with Crippen molar-refractivity contribution in [2.75, 3.05) is 36.9 Å². The largest absolute Gasteiger partial charge is 0.382 e. The first-order valence-corrected chi connectivity index (χ1v) is 15.4. The van der Waals surface area contributed by atoms with Crippen LogP contribution < -0.4 is 0 Å². The highest BCUT2D eigenvalue weighted by molar-refractivity contribution is 7.91. The first-order valence-electron chi connectivity index (χ1n) is 11.6. The molecule has 0 saturated carbocycles. The second kappa shape index (κ2) is 10.6.